The van der Waals surface area contributed by atoms with Crippen LogP contribution in [0.25, 0.3) is 11.4 Å². The Hall–Kier alpha value is -1.03. The van der Waals surface area contributed by atoms with Gasteiger partial charge in [-0.2, -0.15) is 0 Å². The van der Waals surface area contributed by atoms with Crippen LogP contribution >= 0.6 is 33.9 Å². The lowest BCUT2D eigenvalue weighted by molar-refractivity contribution is -0.138. The van der Waals surface area contributed by atoms with Gasteiger partial charge < -0.3 is 5.11 Å². The lowest BCUT2D eigenvalue weighted by atomic mass is 9.84. The van der Waals surface area contributed by atoms with Crippen molar-refractivity contribution in [3.63, 3.8) is 0 Å². The van der Waals surface area contributed by atoms with Gasteiger partial charge in [0.15, 0.2) is 5.82 Å². The van der Waals surface area contributed by atoms with E-state index >= 15 is 0 Å². The van der Waals surface area contributed by atoms with Crippen molar-refractivity contribution in [3.05, 3.63) is 14.3 Å². The van der Waals surface area contributed by atoms with Crippen molar-refractivity contribution in [2.75, 3.05) is 0 Å². The second-order valence-electron chi connectivity index (χ2n) is 5.57. The van der Waals surface area contributed by atoms with Crippen LogP contribution in [0.15, 0.2) is 11.4 Å². The molecule has 0 amide bonds. The fraction of sp³-hybridized carbons (Fsp3) is 0.500. The molecule has 8 heteroatoms. The fourth-order valence-corrected chi connectivity index (χ4v) is 3.27. The molecule has 20 heavy (non-hydrogen) atoms. The number of halogens is 1. The molecule has 108 valence electrons. The third-order valence-corrected chi connectivity index (χ3v) is 4.77. The number of hydrogen-bond acceptors (Lipinski definition) is 5. The molecule has 0 aliphatic rings. The molecule has 6 nitrogen and oxygen atoms in total. The van der Waals surface area contributed by atoms with Crippen molar-refractivity contribution in [2.24, 2.45) is 5.41 Å². The highest BCUT2D eigenvalue weighted by Crippen LogP contribution is 2.36. The zero-order valence-corrected chi connectivity index (χ0v) is 14.3. The van der Waals surface area contributed by atoms with Gasteiger partial charge in [0.2, 0.25) is 0 Å². The van der Waals surface area contributed by atoms with Crippen molar-refractivity contribution < 1.29 is 9.90 Å². The van der Waals surface area contributed by atoms with E-state index < -0.39 is 5.97 Å². The van der Waals surface area contributed by atoms with Crippen molar-refractivity contribution in [1.82, 2.24) is 20.2 Å². The highest BCUT2D eigenvalue weighted by atomic mass is 127. The molecule has 0 radical (unpaired) electrons. The maximum atomic E-state index is 11.1. The smallest absolute Gasteiger partial charge is 0.305 e. The lowest BCUT2D eigenvalue weighted by Crippen LogP contribution is -2.28. The summed E-state index contributed by atoms with van der Waals surface area (Å²) in [6.45, 7) is 5.97. The quantitative estimate of drug-likeness (QED) is 0.790. The fourth-order valence-electron chi connectivity index (χ4n) is 1.95. The molecule has 2 rings (SSSR count). The van der Waals surface area contributed by atoms with Gasteiger partial charge in [-0.05, 0) is 44.5 Å². The Balaban J connectivity index is 2.45. The summed E-state index contributed by atoms with van der Waals surface area (Å²) in [6, 6.07) is 1.69. The summed E-state index contributed by atoms with van der Waals surface area (Å²) >= 11 is 3.84. The number of hydrogen-bond donors (Lipinski definition) is 1. The van der Waals surface area contributed by atoms with Gasteiger partial charge in [-0.25, -0.2) is 4.68 Å². The summed E-state index contributed by atoms with van der Waals surface area (Å²) < 4.78 is 2.77. The van der Waals surface area contributed by atoms with E-state index in [0.29, 0.717) is 5.82 Å². The van der Waals surface area contributed by atoms with E-state index in [-0.39, 0.29) is 17.9 Å². The number of carbonyl (C=O) groups is 1. The Labute approximate surface area is 134 Å². The molecular formula is C12H15IN4O2S. The first-order valence-corrected chi connectivity index (χ1v) is 7.99. The average molecular weight is 406 g/mol. The van der Waals surface area contributed by atoms with Crippen molar-refractivity contribution in [1.29, 1.82) is 0 Å². The number of thiophene rings is 1. The number of aliphatic carboxylic acids is 1. The molecule has 0 bridgehead atoms. The van der Waals surface area contributed by atoms with Gasteiger partial charge in [0.05, 0.1) is 15.3 Å². The second-order valence-corrected chi connectivity index (χ2v) is 8.37. The SMILES string of the molecule is CC(C)(C)C(CC(=O)O)n1nnnc1-c1csc(I)c1. The summed E-state index contributed by atoms with van der Waals surface area (Å²) in [7, 11) is 0. The van der Waals surface area contributed by atoms with Crippen LogP contribution in [0.1, 0.15) is 33.2 Å². The summed E-state index contributed by atoms with van der Waals surface area (Å²) in [5.74, 6) is -0.239. The first-order valence-electron chi connectivity index (χ1n) is 6.03. The van der Waals surface area contributed by atoms with E-state index in [4.69, 9.17) is 5.11 Å². The zero-order valence-electron chi connectivity index (χ0n) is 11.4. The highest BCUT2D eigenvalue weighted by molar-refractivity contribution is 14.1. The molecule has 2 aromatic rings. The lowest BCUT2D eigenvalue weighted by Gasteiger charge is -2.29. The molecule has 1 N–H and O–H groups in total. The number of rotatable bonds is 4. The molecule has 0 aliphatic heterocycles. The Bertz CT molecular complexity index is 617. The van der Waals surface area contributed by atoms with Crippen molar-refractivity contribution in [3.8, 4) is 11.4 Å². The molecule has 2 heterocycles. The van der Waals surface area contributed by atoms with E-state index in [1.807, 2.05) is 32.2 Å². The molecule has 0 aliphatic carbocycles. The monoisotopic (exact) mass is 406 g/mol. The van der Waals surface area contributed by atoms with Gasteiger partial charge in [-0.3, -0.25) is 4.79 Å². The predicted octanol–water partition coefficient (Wildman–Crippen LogP) is 3.07. The Kier molecular flexibility index (Phi) is 4.43. The minimum atomic E-state index is -0.855. The first-order chi connectivity index (χ1) is 9.29. The largest absolute Gasteiger partial charge is 0.481 e. The van der Waals surface area contributed by atoms with Crippen LogP contribution < -0.4 is 0 Å². The van der Waals surface area contributed by atoms with E-state index in [9.17, 15) is 4.79 Å². The van der Waals surface area contributed by atoms with E-state index in [1.54, 1.807) is 16.0 Å². The van der Waals surface area contributed by atoms with Crippen LogP contribution in [-0.4, -0.2) is 31.3 Å². The minimum Gasteiger partial charge on any atom is -0.481 e. The van der Waals surface area contributed by atoms with Crippen LogP contribution in [0.5, 0.6) is 0 Å². The van der Waals surface area contributed by atoms with Crippen LogP contribution in [0.2, 0.25) is 0 Å². The van der Waals surface area contributed by atoms with Gasteiger partial charge in [0.25, 0.3) is 0 Å². The Morgan fingerprint density at radius 3 is 2.75 bits per heavy atom. The zero-order chi connectivity index (χ0) is 14.9. The van der Waals surface area contributed by atoms with Crippen LogP contribution in [0.4, 0.5) is 0 Å². The average Bonchev–Trinajstić information content (AvgIpc) is 2.92. The molecule has 1 atom stereocenters. The number of aromatic nitrogens is 4. The molecule has 0 spiro atoms. The molecule has 0 saturated carbocycles. The van der Waals surface area contributed by atoms with E-state index in [1.165, 1.54) is 0 Å². The second kappa shape index (κ2) is 5.76. The van der Waals surface area contributed by atoms with Gasteiger partial charge >= 0.3 is 5.97 Å². The summed E-state index contributed by atoms with van der Waals surface area (Å²) in [5, 5.41) is 22.9. The van der Waals surface area contributed by atoms with Crippen LogP contribution in [0, 0.1) is 8.30 Å². The highest BCUT2D eigenvalue weighted by Gasteiger charge is 2.32. The normalized spacial score (nSPS) is 13.4. The standard InChI is InChI=1S/C12H15IN4O2S/c1-12(2,3)8(5-10(18)19)17-11(14-15-16-17)7-4-9(13)20-6-7/h4,6,8H,5H2,1-3H3,(H,18,19). The van der Waals surface area contributed by atoms with Gasteiger partial charge in [-0.15, -0.1) is 16.4 Å². The first kappa shape index (κ1) is 15.4. The molecular weight excluding hydrogens is 391 g/mol. The summed E-state index contributed by atoms with van der Waals surface area (Å²) in [5.41, 5.74) is 0.662. The predicted molar refractivity (Wildman–Crippen MR) is 84.6 cm³/mol. The minimum absolute atomic E-state index is 0.0111. The van der Waals surface area contributed by atoms with Crippen molar-refractivity contribution in [2.45, 2.75) is 33.2 Å². The Morgan fingerprint density at radius 2 is 2.25 bits per heavy atom. The summed E-state index contributed by atoms with van der Waals surface area (Å²) in [4.78, 5) is 11.1. The molecule has 0 aromatic carbocycles. The molecule has 2 aromatic heterocycles. The number of carboxylic acid groups (broad SMARTS) is 1. The number of nitrogens with zero attached hydrogens (tertiary/aromatic N) is 4. The maximum absolute atomic E-state index is 11.1. The number of tetrazole rings is 1. The molecule has 0 saturated heterocycles. The van der Waals surface area contributed by atoms with Gasteiger partial charge in [0, 0.05) is 10.9 Å². The van der Waals surface area contributed by atoms with Crippen molar-refractivity contribution >= 4 is 39.9 Å². The van der Waals surface area contributed by atoms with Crippen LogP contribution in [-0.2, 0) is 4.79 Å². The van der Waals surface area contributed by atoms with E-state index in [0.717, 1.165) is 8.45 Å². The Morgan fingerprint density at radius 1 is 1.55 bits per heavy atom. The third-order valence-electron chi connectivity index (χ3n) is 2.98. The maximum Gasteiger partial charge on any atom is 0.305 e. The van der Waals surface area contributed by atoms with Gasteiger partial charge in [0.1, 0.15) is 0 Å². The topological polar surface area (TPSA) is 80.9 Å². The molecule has 1 unspecified atom stereocenters. The summed E-state index contributed by atoms with van der Waals surface area (Å²) in [6.07, 6.45) is -0.0111. The number of carboxylic acids is 1. The van der Waals surface area contributed by atoms with Crippen LogP contribution in [0.3, 0.4) is 0 Å². The molecule has 0 fully saturated rings. The third kappa shape index (κ3) is 3.35. The van der Waals surface area contributed by atoms with E-state index in [2.05, 4.69) is 38.1 Å². The van der Waals surface area contributed by atoms with Gasteiger partial charge in [-0.1, -0.05) is 20.8 Å².